The molecule has 0 aromatic carbocycles. The Morgan fingerprint density at radius 1 is 1.21 bits per heavy atom. The lowest BCUT2D eigenvalue weighted by atomic mass is 9.73. The van der Waals surface area contributed by atoms with E-state index in [1.165, 1.54) is 4.90 Å². The summed E-state index contributed by atoms with van der Waals surface area (Å²) in [4.78, 5) is 50.5. The Morgan fingerprint density at radius 3 is 2.69 bits per heavy atom. The van der Waals surface area contributed by atoms with Gasteiger partial charge in [0.1, 0.15) is 0 Å². The maximum Gasteiger partial charge on any atom is 0.317 e. The fraction of sp³-hybridized carbons (Fsp3) is 0.650. The summed E-state index contributed by atoms with van der Waals surface area (Å²) in [6.07, 6.45) is 6.59. The largest absolute Gasteiger partial charge is 0.341 e. The molecule has 1 N–H and O–H groups in total. The maximum atomic E-state index is 12.6. The summed E-state index contributed by atoms with van der Waals surface area (Å²) in [7, 11) is 3.28. The van der Waals surface area contributed by atoms with Crippen molar-refractivity contribution in [1.29, 1.82) is 0 Å². The van der Waals surface area contributed by atoms with Gasteiger partial charge < -0.3 is 20.0 Å². The molecule has 1 atom stereocenters. The molecule has 1 spiro atoms. The molecule has 2 aliphatic rings. The van der Waals surface area contributed by atoms with Crippen molar-refractivity contribution in [3.05, 3.63) is 23.8 Å². The van der Waals surface area contributed by atoms with E-state index in [0.717, 1.165) is 30.7 Å². The fourth-order valence-electron chi connectivity index (χ4n) is 4.12. The van der Waals surface area contributed by atoms with Gasteiger partial charge in [0.25, 0.3) is 0 Å². The van der Waals surface area contributed by atoms with Gasteiger partial charge in [-0.1, -0.05) is 0 Å². The summed E-state index contributed by atoms with van der Waals surface area (Å²) >= 11 is 0. The summed E-state index contributed by atoms with van der Waals surface area (Å²) in [6, 6.07) is -0.279. The Hall–Kier alpha value is -2.71. The molecule has 0 radical (unpaired) electrons. The fourth-order valence-corrected chi connectivity index (χ4v) is 4.12. The molecule has 3 heterocycles. The number of hydrogen-bond donors (Lipinski definition) is 1. The van der Waals surface area contributed by atoms with Crippen molar-refractivity contribution in [3.8, 4) is 0 Å². The molecule has 29 heavy (non-hydrogen) atoms. The van der Waals surface area contributed by atoms with E-state index >= 15 is 0 Å². The third kappa shape index (κ3) is 5.21. The second-order valence-corrected chi connectivity index (χ2v) is 8.37. The predicted octanol–water partition coefficient (Wildman–Crippen LogP) is 0.787. The zero-order valence-corrected chi connectivity index (χ0v) is 17.5. The van der Waals surface area contributed by atoms with Crippen LogP contribution in [0.5, 0.6) is 0 Å². The average Bonchev–Trinajstić information content (AvgIpc) is 2.70. The molecule has 4 amide bonds. The van der Waals surface area contributed by atoms with Crippen molar-refractivity contribution in [1.82, 2.24) is 30.0 Å². The number of hydrogen-bond acceptors (Lipinski definition) is 5. The number of likely N-dealkylation sites (tertiary alicyclic amines) is 2. The molecular formula is C20H30N6O3. The van der Waals surface area contributed by atoms with E-state index in [-0.39, 0.29) is 29.8 Å². The van der Waals surface area contributed by atoms with Gasteiger partial charge in [-0.25, -0.2) is 4.79 Å². The van der Waals surface area contributed by atoms with Crippen molar-refractivity contribution in [2.24, 2.45) is 5.41 Å². The van der Waals surface area contributed by atoms with E-state index in [4.69, 9.17) is 0 Å². The Morgan fingerprint density at radius 2 is 2.00 bits per heavy atom. The second-order valence-electron chi connectivity index (χ2n) is 8.37. The summed E-state index contributed by atoms with van der Waals surface area (Å²) in [5.41, 5.74) is 1.53. The highest BCUT2D eigenvalue weighted by Crippen LogP contribution is 2.39. The Labute approximate surface area is 171 Å². The number of rotatable bonds is 4. The van der Waals surface area contributed by atoms with Gasteiger partial charge in [0.15, 0.2) is 0 Å². The van der Waals surface area contributed by atoms with Gasteiger partial charge in [0, 0.05) is 51.8 Å². The first-order valence-electron chi connectivity index (χ1n) is 10.1. The Bertz CT molecular complexity index is 766. The van der Waals surface area contributed by atoms with Crippen molar-refractivity contribution in [3.63, 3.8) is 0 Å². The van der Waals surface area contributed by atoms with Gasteiger partial charge in [0.2, 0.25) is 11.8 Å². The normalized spacial score (nSPS) is 22.0. The Balaban J connectivity index is 1.62. The van der Waals surface area contributed by atoms with Crippen molar-refractivity contribution in [2.75, 3.05) is 40.3 Å². The zero-order valence-electron chi connectivity index (χ0n) is 17.5. The SMILES string of the molecule is Cc1cnc(CN2C[C@@]3(CCCN(C(=O)CNC(=O)N(C)C)C3)CCC2=O)cn1. The number of aryl methyl sites for hydroxylation is 1. The van der Waals surface area contributed by atoms with Crippen LogP contribution in [0, 0.1) is 12.3 Å². The number of nitrogens with one attached hydrogen (secondary N) is 1. The van der Waals surface area contributed by atoms with Gasteiger partial charge in [-0.3, -0.25) is 19.6 Å². The number of nitrogens with zero attached hydrogens (tertiary/aromatic N) is 5. The first-order chi connectivity index (χ1) is 13.8. The van der Waals surface area contributed by atoms with E-state index < -0.39 is 0 Å². The highest BCUT2D eigenvalue weighted by molar-refractivity contribution is 5.84. The van der Waals surface area contributed by atoms with E-state index in [1.54, 1.807) is 26.5 Å². The van der Waals surface area contributed by atoms with Crippen molar-refractivity contribution >= 4 is 17.8 Å². The molecule has 1 aromatic heterocycles. The number of piperidine rings is 2. The van der Waals surface area contributed by atoms with Gasteiger partial charge >= 0.3 is 6.03 Å². The van der Waals surface area contributed by atoms with Crippen LogP contribution < -0.4 is 5.32 Å². The number of carbonyl (C=O) groups excluding carboxylic acids is 3. The van der Waals surface area contributed by atoms with Crippen LogP contribution in [0.4, 0.5) is 4.79 Å². The van der Waals surface area contributed by atoms with E-state index in [1.807, 2.05) is 16.7 Å². The molecule has 0 aliphatic carbocycles. The average molecular weight is 402 g/mol. The molecule has 0 unspecified atom stereocenters. The molecule has 9 heteroatoms. The van der Waals surface area contributed by atoms with Crippen LogP contribution in [-0.2, 0) is 16.1 Å². The first-order valence-corrected chi connectivity index (χ1v) is 10.1. The molecular weight excluding hydrogens is 372 g/mol. The van der Waals surface area contributed by atoms with Gasteiger partial charge in [-0.2, -0.15) is 0 Å². The molecule has 1 aromatic rings. The lowest BCUT2D eigenvalue weighted by Gasteiger charge is -2.48. The highest BCUT2D eigenvalue weighted by Gasteiger charge is 2.42. The molecule has 2 fully saturated rings. The van der Waals surface area contributed by atoms with Crippen LogP contribution in [-0.4, -0.2) is 82.8 Å². The molecule has 2 saturated heterocycles. The zero-order chi connectivity index (χ0) is 21.0. The number of carbonyl (C=O) groups is 3. The van der Waals surface area contributed by atoms with Crippen LogP contribution in [0.2, 0.25) is 0 Å². The summed E-state index contributed by atoms with van der Waals surface area (Å²) in [5, 5.41) is 2.64. The smallest absolute Gasteiger partial charge is 0.317 e. The van der Waals surface area contributed by atoms with Gasteiger partial charge in [0.05, 0.1) is 30.7 Å². The minimum atomic E-state index is -0.279. The van der Waals surface area contributed by atoms with E-state index in [9.17, 15) is 14.4 Å². The second kappa shape index (κ2) is 8.75. The van der Waals surface area contributed by atoms with Gasteiger partial charge in [-0.15, -0.1) is 0 Å². The molecule has 9 nitrogen and oxygen atoms in total. The van der Waals surface area contributed by atoms with Crippen molar-refractivity contribution < 1.29 is 14.4 Å². The molecule has 2 aliphatic heterocycles. The number of aromatic nitrogens is 2. The molecule has 0 saturated carbocycles. The van der Waals surface area contributed by atoms with Gasteiger partial charge in [-0.05, 0) is 26.2 Å². The minimum absolute atomic E-state index is 0.00526. The Kier molecular flexibility index (Phi) is 6.34. The van der Waals surface area contributed by atoms with E-state index in [2.05, 4.69) is 15.3 Å². The topological polar surface area (TPSA) is 98.7 Å². The monoisotopic (exact) mass is 402 g/mol. The van der Waals surface area contributed by atoms with Crippen LogP contribution in [0.25, 0.3) is 0 Å². The quantitative estimate of drug-likeness (QED) is 0.803. The third-order valence-corrected chi connectivity index (χ3v) is 5.75. The number of urea groups is 1. The minimum Gasteiger partial charge on any atom is -0.341 e. The van der Waals surface area contributed by atoms with E-state index in [0.29, 0.717) is 32.6 Å². The van der Waals surface area contributed by atoms with Crippen LogP contribution in [0.3, 0.4) is 0 Å². The van der Waals surface area contributed by atoms with Crippen molar-refractivity contribution in [2.45, 2.75) is 39.2 Å². The predicted molar refractivity (Wildman–Crippen MR) is 107 cm³/mol. The summed E-state index contributed by atoms with van der Waals surface area (Å²) < 4.78 is 0. The van der Waals surface area contributed by atoms with Crippen LogP contribution >= 0.6 is 0 Å². The first kappa shape index (κ1) is 21.0. The third-order valence-electron chi connectivity index (χ3n) is 5.75. The summed E-state index contributed by atoms with van der Waals surface area (Å²) in [6.45, 7) is 4.25. The summed E-state index contributed by atoms with van der Waals surface area (Å²) in [5.74, 6) is 0.0480. The molecule has 3 rings (SSSR count). The number of amides is 4. The van der Waals surface area contributed by atoms with Crippen LogP contribution in [0.15, 0.2) is 12.4 Å². The lowest BCUT2D eigenvalue weighted by molar-refractivity contribution is -0.143. The maximum absolute atomic E-state index is 12.6. The van der Waals surface area contributed by atoms with Crippen LogP contribution in [0.1, 0.15) is 37.1 Å². The molecule has 158 valence electrons. The standard InChI is InChI=1S/C20H30N6O3/c1-15-9-22-16(10-21-15)12-26-14-20(7-5-17(26)27)6-4-8-25(13-20)18(28)11-23-19(29)24(2)3/h9-10H,4-8,11-14H2,1-3H3,(H,23,29)/t20-/m0/s1. The lowest BCUT2D eigenvalue weighted by Crippen LogP contribution is -2.56. The molecule has 0 bridgehead atoms. The highest BCUT2D eigenvalue weighted by atomic mass is 16.2.